The average Bonchev–Trinajstić information content (AvgIpc) is 2.25. The van der Waals surface area contributed by atoms with Gasteiger partial charge in [-0.05, 0) is 13.3 Å². The minimum absolute atomic E-state index is 0.0609. The van der Waals surface area contributed by atoms with E-state index in [1.807, 2.05) is 0 Å². The minimum Gasteiger partial charge on any atom is -0.349 e. The highest BCUT2D eigenvalue weighted by atomic mass is 35.5. The second-order valence-corrected chi connectivity index (χ2v) is 4.62. The molecule has 0 bridgehead atoms. The van der Waals surface area contributed by atoms with Gasteiger partial charge in [0, 0.05) is 0 Å². The first-order valence-electron chi connectivity index (χ1n) is 5.19. The predicted octanol–water partition coefficient (Wildman–Crippen LogP) is 0.624. The van der Waals surface area contributed by atoms with Gasteiger partial charge in [-0.15, -0.1) is 18.0 Å². The van der Waals surface area contributed by atoms with Crippen LogP contribution in [0, 0.1) is 18.3 Å². The van der Waals surface area contributed by atoms with Crippen LogP contribution in [0.25, 0.3) is 0 Å². The molecule has 17 heavy (non-hydrogen) atoms. The number of hydrogen-bond donors (Lipinski definition) is 3. The standard InChI is InChI=1S/C10H16ClF2N3O/c1-3-4-17-9-7(11)5-6(10(2,12)13)8(15-9)16-14/h1,6-9,15-16H,4-5,14H2,2H3. The number of rotatable bonds is 4. The summed E-state index contributed by atoms with van der Waals surface area (Å²) < 4.78 is 31.9. The van der Waals surface area contributed by atoms with E-state index >= 15 is 0 Å². The second kappa shape index (κ2) is 5.94. The number of piperidine rings is 1. The number of alkyl halides is 3. The molecule has 98 valence electrons. The van der Waals surface area contributed by atoms with Crippen molar-refractivity contribution in [2.24, 2.45) is 11.8 Å². The second-order valence-electron chi connectivity index (χ2n) is 4.06. The Bertz CT molecular complexity index is 292. The third kappa shape index (κ3) is 3.76. The summed E-state index contributed by atoms with van der Waals surface area (Å²) in [5, 5.41) is 2.20. The zero-order valence-electron chi connectivity index (χ0n) is 9.42. The highest BCUT2D eigenvalue weighted by Gasteiger charge is 2.46. The fraction of sp³-hybridized carbons (Fsp3) is 0.800. The highest BCUT2D eigenvalue weighted by molar-refractivity contribution is 6.21. The molecule has 1 heterocycles. The number of ether oxygens (including phenoxy) is 1. The first-order chi connectivity index (χ1) is 7.90. The number of nitrogens with one attached hydrogen (secondary N) is 2. The first-order valence-corrected chi connectivity index (χ1v) is 5.63. The topological polar surface area (TPSA) is 59.3 Å². The van der Waals surface area contributed by atoms with Crippen LogP contribution in [-0.2, 0) is 4.74 Å². The molecule has 0 aromatic heterocycles. The van der Waals surface area contributed by atoms with E-state index in [-0.39, 0.29) is 13.0 Å². The molecule has 0 aliphatic carbocycles. The zero-order valence-corrected chi connectivity index (χ0v) is 10.2. The summed E-state index contributed by atoms with van der Waals surface area (Å²) in [5.41, 5.74) is 2.31. The molecule has 4 unspecified atom stereocenters. The van der Waals surface area contributed by atoms with Crippen molar-refractivity contribution in [2.75, 3.05) is 6.61 Å². The van der Waals surface area contributed by atoms with Crippen LogP contribution in [0.4, 0.5) is 8.78 Å². The predicted molar refractivity (Wildman–Crippen MR) is 61.2 cm³/mol. The molecule has 0 amide bonds. The zero-order chi connectivity index (χ0) is 13.1. The van der Waals surface area contributed by atoms with Gasteiger partial charge >= 0.3 is 0 Å². The Hall–Kier alpha value is -0.450. The van der Waals surface area contributed by atoms with E-state index in [1.54, 1.807) is 0 Å². The smallest absolute Gasteiger partial charge is 0.251 e. The van der Waals surface area contributed by atoms with Crippen molar-refractivity contribution in [3.8, 4) is 12.3 Å². The van der Waals surface area contributed by atoms with Gasteiger partial charge in [-0.25, -0.2) is 14.2 Å². The lowest BCUT2D eigenvalue weighted by Crippen LogP contribution is -2.64. The Morgan fingerprint density at radius 3 is 2.82 bits per heavy atom. The van der Waals surface area contributed by atoms with Gasteiger partial charge in [-0.3, -0.25) is 11.2 Å². The molecular weight excluding hydrogens is 252 g/mol. The SMILES string of the molecule is C#CCOC1NC(NN)C(C(C)(F)F)CC1Cl. The number of nitrogens with two attached hydrogens (primary N) is 1. The van der Waals surface area contributed by atoms with Crippen LogP contribution in [-0.4, -0.2) is 30.3 Å². The number of halogens is 3. The van der Waals surface area contributed by atoms with Gasteiger partial charge in [0.1, 0.15) is 12.8 Å². The quantitative estimate of drug-likeness (QED) is 0.303. The highest BCUT2D eigenvalue weighted by Crippen LogP contribution is 2.35. The molecule has 4 atom stereocenters. The third-order valence-corrected chi connectivity index (χ3v) is 3.14. The molecule has 1 saturated heterocycles. The summed E-state index contributed by atoms with van der Waals surface area (Å²) in [6, 6.07) is 0. The van der Waals surface area contributed by atoms with Gasteiger partial charge in [0.15, 0.2) is 0 Å². The maximum atomic E-state index is 13.3. The van der Waals surface area contributed by atoms with Gasteiger partial charge < -0.3 is 4.74 Å². The van der Waals surface area contributed by atoms with E-state index < -0.39 is 29.6 Å². The Kier molecular flexibility index (Phi) is 5.10. The molecule has 0 aromatic rings. The fourth-order valence-electron chi connectivity index (χ4n) is 1.85. The van der Waals surface area contributed by atoms with Crippen molar-refractivity contribution in [3.63, 3.8) is 0 Å². The summed E-state index contributed by atoms with van der Waals surface area (Å²) in [5.74, 6) is 3.65. The van der Waals surface area contributed by atoms with Crippen molar-refractivity contribution < 1.29 is 13.5 Å². The van der Waals surface area contributed by atoms with Gasteiger partial charge in [0.25, 0.3) is 5.92 Å². The van der Waals surface area contributed by atoms with Gasteiger partial charge in [-0.2, -0.15) is 0 Å². The molecular formula is C10H16ClF2N3O. The van der Waals surface area contributed by atoms with Crippen LogP contribution < -0.4 is 16.6 Å². The van der Waals surface area contributed by atoms with Crippen molar-refractivity contribution in [1.82, 2.24) is 10.7 Å². The average molecular weight is 268 g/mol. The summed E-state index contributed by atoms with van der Waals surface area (Å²) in [7, 11) is 0. The van der Waals surface area contributed by atoms with Crippen LogP contribution in [0.2, 0.25) is 0 Å². The van der Waals surface area contributed by atoms with Crippen molar-refractivity contribution in [1.29, 1.82) is 0 Å². The molecule has 1 fully saturated rings. The van der Waals surface area contributed by atoms with Crippen molar-refractivity contribution in [3.05, 3.63) is 0 Å². The molecule has 0 radical (unpaired) electrons. The molecule has 4 nitrogen and oxygen atoms in total. The number of hydrogen-bond acceptors (Lipinski definition) is 4. The first kappa shape index (κ1) is 14.6. The Balaban J connectivity index is 2.69. The molecule has 7 heteroatoms. The molecule has 0 spiro atoms. The van der Waals surface area contributed by atoms with Crippen LogP contribution in [0.15, 0.2) is 0 Å². The lowest BCUT2D eigenvalue weighted by atomic mass is 9.89. The molecule has 1 aliphatic heterocycles. The van der Waals surface area contributed by atoms with E-state index in [1.165, 1.54) is 0 Å². The normalized spacial score (nSPS) is 34.4. The fourth-order valence-corrected chi connectivity index (χ4v) is 2.19. The van der Waals surface area contributed by atoms with Crippen molar-refractivity contribution in [2.45, 2.75) is 37.0 Å². The Labute approximate surface area is 104 Å². The van der Waals surface area contributed by atoms with Crippen LogP contribution in [0.1, 0.15) is 13.3 Å². The van der Waals surface area contributed by atoms with E-state index in [9.17, 15) is 8.78 Å². The summed E-state index contributed by atoms with van der Waals surface area (Å²) in [6.45, 7) is 0.904. The lowest BCUT2D eigenvalue weighted by Gasteiger charge is -2.41. The molecule has 1 aliphatic rings. The third-order valence-electron chi connectivity index (χ3n) is 2.73. The van der Waals surface area contributed by atoms with Gasteiger partial charge in [-0.1, -0.05) is 5.92 Å². The largest absolute Gasteiger partial charge is 0.349 e. The molecule has 0 saturated carbocycles. The number of terminal acetylenes is 1. The monoisotopic (exact) mass is 267 g/mol. The van der Waals surface area contributed by atoms with Crippen LogP contribution in [0.5, 0.6) is 0 Å². The summed E-state index contributed by atoms with van der Waals surface area (Å²) in [4.78, 5) is 0. The Morgan fingerprint density at radius 2 is 2.35 bits per heavy atom. The molecule has 4 N–H and O–H groups in total. The number of hydrazine groups is 1. The summed E-state index contributed by atoms with van der Waals surface area (Å²) >= 11 is 5.98. The van der Waals surface area contributed by atoms with Crippen LogP contribution >= 0.6 is 11.6 Å². The van der Waals surface area contributed by atoms with E-state index in [0.717, 1.165) is 6.92 Å². The molecule has 1 rings (SSSR count). The molecule has 0 aromatic carbocycles. The van der Waals surface area contributed by atoms with Crippen LogP contribution in [0.3, 0.4) is 0 Å². The maximum absolute atomic E-state index is 13.3. The Morgan fingerprint density at radius 1 is 1.71 bits per heavy atom. The maximum Gasteiger partial charge on any atom is 0.251 e. The summed E-state index contributed by atoms with van der Waals surface area (Å²) in [6.07, 6.45) is 3.77. The minimum atomic E-state index is -2.88. The van der Waals surface area contributed by atoms with Gasteiger partial charge in [0.05, 0.1) is 17.5 Å². The van der Waals surface area contributed by atoms with E-state index in [2.05, 4.69) is 16.7 Å². The van der Waals surface area contributed by atoms with Crippen molar-refractivity contribution >= 4 is 11.6 Å². The van der Waals surface area contributed by atoms with E-state index in [4.69, 9.17) is 28.6 Å². The lowest BCUT2D eigenvalue weighted by molar-refractivity contribution is -0.0978. The van der Waals surface area contributed by atoms with Gasteiger partial charge in [0.2, 0.25) is 0 Å². The van der Waals surface area contributed by atoms with E-state index in [0.29, 0.717) is 0 Å².